The fourth-order valence-electron chi connectivity index (χ4n) is 10.5. The first-order chi connectivity index (χ1) is 30.7. The molecule has 2 nitrogen and oxygen atoms in total. The number of hydrogen-bond donors (Lipinski definition) is 1. The Morgan fingerprint density at radius 1 is 0.403 bits per heavy atom. The Hall–Kier alpha value is -7.46. The average molecular weight is 807 g/mol. The second-order valence-electron chi connectivity index (χ2n) is 16.6. The van der Waals surface area contributed by atoms with E-state index >= 15 is 0 Å². The van der Waals surface area contributed by atoms with Gasteiger partial charge in [0.2, 0.25) is 0 Å². The molecular weight excluding hydrogens is 769 g/mol. The Kier molecular flexibility index (Phi) is 7.85. The van der Waals surface area contributed by atoms with Crippen LogP contribution < -0.4 is 5.32 Å². The summed E-state index contributed by atoms with van der Waals surface area (Å²) in [6.45, 7) is 0. The molecule has 3 heteroatoms. The molecule has 0 radical (unpaired) electrons. The highest BCUT2D eigenvalue weighted by molar-refractivity contribution is 8.00. The summed E-state index contributed by atoms with van der Waals surface area (Å²) in [5.74, 6) is 0.878. The third-order valence-corrected chi connectivity index (χ3v) is 14.7. The molecule has 1 unspecified atom stereocenters. The van der Waals surface area contributed by atoms with Crippen molar-refractivity contribution in [3.05, 3.63) is 257 Å². The van der Waals surface area contributed by atoms with Crippen LogP contribution in [-0.2, 0) is 5.41 Å². The van der Waals surface area contributed by atoms with Crippen molar-refractivity contribution in [3.63, 3.8) is 0 Å². The number of fused-ring (bicyclic) bond motifs is 14. The first-order valence-corrected chi connectivity index (χ1v) is 22.2. The van der Waals surface area contributed by atoms with Gasteiger partial charge in [-0.25, -0.2) is 4.99 Å². The summed E-state index contributed by atoms with van der Waals surface area (Å²) in [6, 6.07) is 80.5. The first kappa shape index (κ1) is 35.3. The summed E-state index contributed by atoms with van der Waals surface area (Å²) in [5.41, 5.74) is 16.8. The van der Waals surface area contributed by atoms with Gasteiger partial charge in [-0.1, -0.05) is 218 Å². The molecule has 1 aliphatic carbocycles. The van der Waals surface area contributed by atoms with Crippen LogP contribution in [0.3, 0.4) is 0 Å². The van der Waals surface area contributed by atoms with Crippen molar-refractivity contribution in [2.24, 2.45) is 4.99 Å². The molecule has 0 aromatic heterocycles. The maximum atomic E-state index is 5.18. The lowest BCUT2D eigenvalue weighted by Gasteiger charge is -2.40. The van der Waals surface area contributed by atoms with Gasteiger partial charge in [-0.3, -0.25) is 0 Å². The minimum atomic E-state index is -0.492. The topological polar surface area (TPSA) is 24.4 Å². The second-order valence-corrected chi connectivity index (χ2v) is 17.7. The molecule has 1 spiro atoms. The van der Waals surface area contributed by atoms with Gasteiger partial charge in [0.25, 0.3) is 0 Å². The average Bonchev–Trinajstić information content (AvgIpc) is 3.63. The van der Waals surface area contributed by atoms with Crippen molar-refractivity contribution >= 4 is 44.8 Å². The molecule has 3 aliphatic rings. The van der Waals surface area contributed by atoms with E-state index in [2.05, 4.69) is 224 Å². The quantitative estimate of drug-likeness (QED) is 0.192. The predicted molar refractivity (Wildman–Crippen MR) is 258 cm³/mol. The highest BCUT2D eigenvalue weighted by Crippen LogP contribution is 2.64. The number of aliphatic imine (C=N–C) groups is 1. The van der Waals surface area contributed by atoms with Crippen LogP contribution in [-0.4, -0.2) is 5.84 Å². The molecule has 290 valence electrons. The minimum Gasteiger partial charge on any atom is -0.359 e. The van der Waals surface area contributed by atoms with Crippen molar-refractivity contribution in [3.8, 4) is 33.4 Å². The van der Waals surface area contributed by atoms with Crippen LogP contribution in [0.4, 0.5) is 5.69 Å². The first-order valence-electron chi connectivity index (χ1n) is 21.4. The number of benzene rings is 10. The smallest absolute Gasteiger partial charge is 0.134 e. The van der Waals surface area contributed by atoms with Crippen molar-refractivity contribution in [1.29, 1.82) is 0 Å². The molecular formula is C59H38N2S. The highest BCUT2D eigenvalue weighted by Gasteiger charge is 2.51. The molecule has 2 aliphatic heterocycles. The standard InChI is InChI=1S/C59H38N2S/c1-2-12-37(13-3-1)38-22-26-42(27-23-38)55-49-19-9-11-21-54(49)60-58(61-55)43-28-24-39(25-29-43)44-30-33-48-47-18-8-10-20-50(47)59(53(48)36-44)51-34-31-40-14-4-6-16-45(40)56(51)62-57-46-17-7-5-15-41(46)32-35-52(57)59/h1-36,55H,(H,60,61). The summed E-state index contributed by atoms with van der Waals surface area (Å²) >= 11 is 1.94. The van der Waals surface area contributed by atoms with Crippen LogP contribution >= 0.6 is 11.8 Å². The van der Waals surface area contributed by atoms with Crippen LogP contribution in [0, 0.1) is 0 Å². The Morgan fingerprint density at radius 2 is 0.952 bits per heavy atom. The number of amidine groups is 1. The van der Waals surface area contributed by atoms with Crippen molar-refractivity contribution < 1.29 is 0 Å². The van der Waals surface area contributed by atoms with Crippen LogP contribution in [0.15, 0.2) is 233 Å². The van der Waals surface area contributed by atoms with Crippen LogP contribution in [0.25, 0.3) is 54.9 Å². The molecule has 2 heterocycles. The fourth-order valence-corrected chi connectivity index (χ4v) is 12.0. The van der Waals surface area contributed by atoms with Crippen LogP contribution in [0.5, 0.6) is 0 Å². The molecule has 0 amide bonds. The van der Waals surface area contributed by atoms with E-state index in [0.29, 0.717) is 0 Å². The van der Waals surface area contributed by atoms with E-state index in [1.54, 1.807) is 0 Å². The lowest BCUT2D eigenvalue weighted by Crippen LogP contribution is -2.32. The summed E-state index contributed by atoms with van der Waals surface area (Å²) in [6.07, 6.45) is 0. The molecule has 10 aromatic rings. The van der Waals surface area contributed by atoms with Crippen LogP contribution in [0.2, 0.25) is 0 Å². The zero-order valence-corrected chi connectivity index (χ0v) is 34.5. The Labute approximate surface area is 365 Å². The molecule has 0 saturated carbocycles. The Morgan fingerprint density at radius 3 is 1.69 bits per heavy atom. The molecule has 13 rings (SSSR count). The Bertz CT molecular complexity index is 3370. The summed E-state index contributed by atoms with van der Waals surface area (Å²) < 4.78 is 0. The zero-order valence-electron chi connectivity index (χ0n) is 33.7. The third-order valence-electron chi connectivity index (χ3n) is 13.4. The lowest BCUT2D eigenvalue weighted by molar-refractivity contribution is 0.729. The number of rotatable bonds is 4. The maximum Gasteiger partial charge on any atom is 0.134 e. The third kappa shape index (κ3) is 5.22. The van der Waals surface area contributed by atoms with E-state index in [4.69, 9.17) is 4.99 Å². The summed E-state index contributed by atoms with van der Waals surface area (Å²) in [7, 11) is 0. The molecule has 1 N–H and O–H groups in total. The van der Waals surface area contributed by atoms with Gasteiger partial charge in [0.1, 0.15) is 5.84 Å². The molecule has 1 atom stereocenters. The van der Waals surface area contributed by atoms with Crippen molar-refractivity contribution in [2.45, 2.75) is 21.2 Å². The molecule has 0 fully saturated rings. The van der Waals surface area contributed by atoms with Gasteiger partial charge in [-0.2, -0.15) is 0 Å². The van der Waals surface area contributed by atoms with Crippen molar-refractivity contribution in [2.75, 3.05) is 0 Å². The maximum absolute atomic E-state index is 5.18. The zero-order chi connectivity index (χ0) is 40.8. The van der Waals surface area contributed by atoms with Gasteiger partial charge in [0.15, 0.2) is 0 Å². The normalized spacial score (nSPS) is 15.2. The second kappa shape index (κ2) is 13.8. The van der Waals surface area contributed by atoms with E-state index in [9.17, 15) is 0 Å². The SMILES string of the molecule is c1ccc(-c2ccc(C3NC(c4ccc(-c5ccc6c(c5)C5(c7ccccc7-6)c6ccc7ccccc7c6Sc6c5ccc5ccccc65)cc4)=Nc4ccccc43)cc2)cc1. The molecule has 0 bridgehead atoms. The van der Waals surface area contributed by atoms with Crippen molar-refractivity contribution in [1.82, 2.24) is 5.32 Å². The van der Waals surface area contributed by atoms with Gasteiger partial charge in [-0.05, 0) is 94.9 Å². The number of nitrogens with one attached hydrogen (secondary N) is 1. The van der Waals surface area contributed by atoms with E-state index < -0.39 is 5.41 Å². The van der Waals surface area contributed by atoms with E-state index in [1.165, 1.54) is 98.1 Å². The predicted octanol–water partition coefficient (Wildman–Crippen LogP) is 14.9. The van der Waals surface area contributed by atoms with Crippen LogP contribution in [0.1, 0.15) is 45.0 Å². The van der Waals surface area contributed by atoms with E-state index in [1.807, 2.05) is 11.8 Å². The highest BCUT2D eigenvalue weighted by atomic mass is 32.2. The van der Waals surface area contributed by atoms with Gasteiger partial charge in [0.05, 0.1) is 17.1 Å². The van der Waals surface area contributed by atoms with Gasteiger partial charge in [0, 0.05) is 20.9 Å². The lowest BCUT2D eigenvalue weighted by atomic mass is 9.66. The van der Waals surface area contributed by atoms with E-state index in [0.717, 1.165) is 17.1 Å². The minimum absolute atomic E-state index is 0.0219. The molecule has 0 saturated heterocycles. The monoisotopic (exact) mass is 806 g/mol. The molecule has 10 aromatic carbocycles. The summed E-state index contributed by atoms with van der Waals surface area (Å²) in [5, 5.41) is 8.98. The van der Waals surface area contributed by atoms with Gasteiger partial charge >= 0.3 is 0 Å². The number of nitrogens with zero attached hydrogens (tertiary/aromatic N) is 1. The number of hydrogen-bond acceptors (Lipinski definition) is 3. The van der Waals surface area contributed by atoms with Gasteiger partial charge in [-0.15, -0.1) is 0 Å². The van der Waals surface area contributed by atoms with E-state index in [-0.39, 0.29) is 6.04 Å². The number of para-hydroxylation sites is 1. The largest absolute Gasteiger partial charge is 0.359 e. The summed E-state index contributed by atoms with van der Waals surface area (Å²) in [4.78, 5) is 7.86. The van der Waals surface area contributed by atoms with Gasteiger partial charge < -0.3 is 5.32 Å². The molecule has 62 heavy (non-hydrogen) atoms. The fraction of sp³-hybridized carbons (Fsp3) is 0.0339. The Balaban J connectivity index is 0.928.